The number of aliphatic hydroxyl groups excluding tert-OH is 2. The topological polar surface area (TPSA) is 80.9 Å². The molecule has 0 unspecified atom stereocenters. The van der Waals surface area contributed by atoms with Gasteiger partial charge in [-0.25, -0.2) is 0 Å². The van der Waals surface area contributed by atoms with Crippen molar-refractivity contribution in [3.63, 3.8) is 0 Å². The normalized spacial score (nSPS) is 38.2. The zero-order chi connectivity index (χ0) is 23.7. The molecule has 3 aliphatic carbocycles. The molecule has 0 aromatic rings. The summed E-state index contributed by atoms with van der Waals surface area (Å²) in [6.07, 6.45) is 13.1. The van der Waals surface area contributed by atoms with Crippen molar-refractivity contribution < 1.29 is 20.4 Å². The van der Waals surface area contributed by atoms with Crippen molar-refractivity contribution in [2.24, 2.45) is 17.3 Å². The summed E-state index contributed by atoms with van der Waals surface area (Å²) in [5, 5.41) is 41.7. The Morgan fingerprint density at radius 1 is 1.06 bits per heavy atom. The highest BCUT2D eigenvalue weighted by atomic mass is 16.3. The lowest BCUT2D eigenvalue weighted by atomic mass is 9.59. The van der Waals surface area contributed by atoms with E-state index in [2.05, 4.69) is 25.7 Å². The van der Waals surface area contributed by atoms with Crippen LogP contribution in [0.5, 0.6) is 0 Å². The minimum Gasteiger partial charge on any atom is -0.393 e. The highest BCUT2D eigenvalue weighted by Crippen LogP contribution is 2.60. The van der Waals surface area contributed by atoms with Crippen molar-refractivity contribution in [1.29, 1.82) is 0 Å². The van der Waals surface area contributed by atoms with E-state index >= 15 is 0 Å². The van der Waals surface area contributed by atoms with E-state index < -0.39 is 23.4 Å². The Labute approximate surface area is 195 Å². The molecule has 0 amide bonds. The summed E-state index contributed by atoms with van der Waals surface area (Å²) < 4.78 is 0. The Hall–Kier alpha value is -0.940. The van der Waals surface area contributed by atoms with Crippen LogP contribution >= 0.6 is 0 Å². The van der Waals surface area contributed by atoms with Crippen LogP contribution in [0.15, 0.2) is 35.5 Å². The largest absolute Gasteiger partial charge is 0.393 e. The quantitative estimate of drug-likeness (QED) is 0.405. The number of hydrogen-bond donors (Lipinski definition) is 4. The van der Waals surface area contributed by atoms with Crippen molar-refractivity contribution in [2.45, 2.75) is 122 Å². The lowest BCUT2D eigenvalue weighted by Gasteiger charge is -2.47. The minimum atomic E-state index is -0.685. The van der Waals surface area contributed by atoms with Gasteiger partial charge >= 0.3 is 0 Å². The van der Waals surface area contributed by atoms with E-state index in [4.69, 9.17) is 0 Å². The number of fused-ring (bicyclic) bond motifs is 1. The van der Waals surface area contributed by atoms with Gasteiger partial charge in [-0.15, -0.1) is 0 Å². The van der Waals surface area contributed by atoms with Crippen LogP contribution in [0, 0.1) is 17.3 Å². The summed E-state index contributed by atoms with van der Waals surface area (Å²) in [6.45, 7) is 12.2. The molecule has 6 atom stereocenters. The van der Waals surface area contributed by atoms with E-state index in [9.17, 15) is 20.4 Å². The van der Waals surface area contributed by atoms with Crippen molar-refractivity contribution >= 4 is 0 Å². The minimum absolute atomic E-state index is 0.102. The first-order valence-corrected chi connectivity index (χ1v) is 12.7. The van der Waals surface area contributed by atoms with Crippen molar-refractivity contribution in [3.05, 3.63) is 35.5 Å². The zero-order valence-corrected chi connectivity index (χ0v) is 20.7. The van der Waals surface area contributed by atoms with Gasteiger partial charge in [-0.05, 0) is 101 Å². The Kier molecular flexibility index (Phi) is 7.81. The molecule has 0 aliphatic heterocycles. The molecule has 3 saturated carbocycles. The summed E-state index contributed by atoms with van der Waals surface area (Å²) in [4.78, 5) is 0. The molecular formula is C28H46O4. The van der Waals surface area contributed by atoms with Crippen LogP contribution in [-0.4, -0.2) is 43.8 Å². The SMILES string of the molecule is C=C1/C(=C\C=C2/CCC[C@@]3(C)[C@H]2CC[C@@H]3[C@@](C)(O)CCCCC(C)(C)O)C[C@@H](O)C[C@@H]1O. The highest BCUT2D eigenvalue weighted by Gasteiger charge is 2.54. The first-order chi connectivity index (χ1) is 14.8. The predicted octanol–water partition coefficient (Wildman–Crippen LogP) is 5.21. The van der Waals surface area contributed by atoms with Crippen LogP contribution in [0.2, 0.25) is 0 Å². The van der Waals surface area contributed by atoms with Crippen LogP contribution in [0.3, 0.4) is 0 Å². The molecule has 0 heterocycles. The van der Waals surface area contributed by atoms with Gasteiger partial charge in [0, 0.05) is 6.42 Å². The lowest BCUT2D eigenvalue weighted by molar-refractivity contribution is -0.0661. The maximum absolute atomic E-state index is 11.5. The van der Waals surface area contributed by atoms with E-state index in [0.717, 1.165) is 68.9 Å². The molecule has 4 N–H and O–H groups in total. The number of hydrogen-bond acceptors (Lipinski definition) is 4. The highest BCUT2D eigenvalue weighted by molar-refractivity contribution is 5.38. The van der Waals surface area contributed by atoms with Crippen LogP contribution in [0.4, 0.5) is 0 Å². The molecule has 0 aromatic carbocycles. The Balaban J connectivity index is 1.71. The van der Waals surface area contributed by atoms with Crippen molar-refractivity contribution in [1.82, 2.24) is 0 Å². The van der Waals surface area contributed by atoms with E-state index in [1.54, 1.807) is 0 Å². The van der Waals surface area contributed by atoms with Crippen molar-refractivity contribution in [3.8, 4) is 0 Å². The molecule has 0 aromatic heterocycles. The molecule has 0 radical (unpaired) electrons. The molecule has 0 spiro atoms. The molecule has 4 nitrogen and oxygen atoms in total. The predicted molar refractivity (Wildman–Crippen MR) is 130 cm³/mol. The molecule has 32 heavy (non-hydrogen) atoms. The smallest absolute Gasteiger partial charge is 0.0811 e. The average Bonchev–Trinajstić information content (AvgIpc) is 3.04. The summed E-state index contributed by atoms with van der Waals surface area (Å²) >= 11 is 0. The second kappa shape index (κ2) is 9.74. The average molecular weight is 447 g/mol. The third kappa shape index (κ3) is 5.75. The van der Waals surface area contributed by atoms with Crippen LogP contribution in [0.25, 0.3) is 0 Å². The van der Waals surface area contributed by atoms with Gasteiger partial charge in [0.05, 0.1) is 23.4 Å². The van der Waals surface area contributed by atoms with E-state index in [1.807, 2.05) is 20.8 Å². The molecule has 0 saturated heterocycles. The maximum Gasteiger partial charge on any atom is 0.0811 e. The van der Waals surface area contributed by atoms with E-state index in [-0.39, 0.29) is 11.3 Å². The van der Waals surface area contributed by atoms with Gasteiger partial charge in [-0.3, -0.25) is 0 Å². The molecule has 3 aliphatic rings. The Morgan fingerprint density at radius 2 is 1.75 bits per heavy atom. The molecule has 182 valence electrons. The van der Waals surface area contributed by atoms with Crippen LogP contribution in [0.1, 0.15) is 98.3 Å². The summed E-state index contributed by atoms with van der Waals surface area (Å²) in [5.74, 6) is 0.763. The maximum atomic E-state index is 11.5. The van der Waals surface area contributed by atoms with Crippen molar-refractivity contribution in [2.75, 3.05) is 0 Å². The summed E-state index contributed by atoms with van der Waals surface area (Å²) in [7, 11) is 0. The third-order valence-electron chi connectivity index (χ3n) is 8.70. The number of aliphatic hydroxyl groups is 4. The fourth-order valence-corrected chi connectivity index (χ4v) is 6.94. The summed E-state index contributed by atoms with van der Waals surface area (Å²) in [5.41, 5.74) is 1.94. The standard InChI is InChI=1S/C28H46O4/c1-19-21(17-22(29)18-24(19)30)11-10-20-9-8-15-27(4)23(20)12-13-25(27)28(5,32)16-7-6-14-26(2,3)31/h10-11,22-25,29-32H,1,6-9,12-18H2,2-5H3/b20-10+,21-11-/t22-,23+,24+,25+,27+,28+/m1/s1. The summed E-state index contributed by atoms with van der Waals surface area (Å²) in [6, 6.07) is 0. The molecule has 4 heteroatoms. The van der Waals surface area contributed by atoms with E-state index in [0.29, 0.717) is 18.8 Å². The molecule has 3 fully saturated rings. The van der Waals surface area contributed by atoms with Gasteiger partial charge in [-0.2, -0.15) is 0 Å². The zero-order valence-electron chi connectivity index (χ0n) is 20.7. The van der Waals surface area contributed by atoms with Gasteiger partial charge in [0.1, 0.15) is 0 Å². The van der Waals surface area contributed by atoms with Gasteiger partial charge in [0.15, 0.2) is 0 Å². The first kappa shape index (κ1) is 25.7. The lowest BCUT2D eigenvalue weighted by Crippen LogP contribution is -2.45. The Bertz CT molecular complexity index is 741. The van der Waals surface area contributed by atoms with Gasteiger partial charge in [0.25, 0.3) is 0 Å². The Morgan fingerprint density at radius 3 is 2.44 bits per heavy atom. The molecule has 3 rings (SSSR count). The van der Waals surface area contributed by atoms with Gasteiger partial charge in [-0.1, -0.05) is 44.1 Å². The first-order valence-electron chi connectivity index (χ1n) is 12.7. The number of unbranched alkanes of at least 4 members (excludes halogenated alkanes) is 1. The monoisotopic (exact) mass is 446 g/mol. The fraction of sp³-hybridized carbons (Fsp3) is 0.786. The fourth-order valence-electron chi connectivity index (χ4n) is 6.94. The van der Waals surface area contributed by atoms with Gasteiger partial charge < -0.3 is 20.4 Å². The third-order valence-corrected chi connectivity index (χ3v) is 8.70. The second-order valence-electron chi connectivity index (χ2n) is 12.0. The molecular weight excluding hydrogens is 400 g/mol. The number of allylic oxidation sites excluding steroid dienone is 3. The van der Waals surface area contributed by atoms with Crippen LogP contribution < -0.4 is 0 Å². The second-order valence-corrected chi connectivity index (χ2v) is 12.0. The molecule has 0 bridgehead atoms. The van der Waals surface area contributed by atoms with E-state index in [1.165, 1.54) is 5.57 Å². The number of rotatable bonds is 7. The van der Waals surface area contributed by atoms with Crippen LogP contribution in [-0.2, 0) is 0 Å². The van der Waals surface area contributed by atoms with Gasteiger partial charge in [0.2, 0.25) is 0 Å².